The third kappa shape index (κ3) is 6.05. The lowest BCUT2D eigenvalue weighted by Crippen LogP contribution is -2.46. The molecule has 1 amide bonds. The van der Waals surface area contributed by atoms with Gasteiger partial charge in [0.2, 0.25) is 11.5 Å². The van der Waals surface area contributed by atoms with Crippen LogP contribution in [0.25, 0.3) is 0 Å². The van der Waals surface area contributed by atoms with E-state index in [1.54, 1.807) is 12.3 Å². The van der Waals surface area contributed by atoms with Crippen molar-refractivity contribution in [2.75, 3.05) is 13.2 Å². The Morgan fingerprint density at radius 1 is 1.38 bits per heavy atom. The van der Waals surface area contributed by atoms with Crippen molar-refractivity contribution in [1.29, 1.82) is 0 Å². The Hall–Kier alpha value is -1.08. The maximum atomic E-state index is 11.9. The Morgan fingerprint density at radius 2 is 2.05 bits per heavy atom. The fraction of sp³-hybridized carbons (Fsp3) is 0.538. The van der Waals surface area contributed by atoms with E-state index in [0.717, 1.165) is 18.4 Å². The maximum Gasteiger partial charge on any atom is 0.247 e. The summed E-state index contributed by atoms with van der Waals surface area (Å²) in [5.74, 6) is 0.0300. The molecule has 0 saturated carbocycles. The van der Waals surface area contributed by atoms with E-state index in [0.29, 0.717) is 19.8 Å². The van der Waals surface area contributed by atoms with Crippen LogP contribution >= 0.6 is 24.8 Å². The number of hydrogen-bond donors (Lipinski definition) is 3. The van der Waals surface area contributed by atoms with Gasteiger partial charge in [0.05, 0.1) is 6.04 Å². The zero-order valence-corrected chi connectivity index (χ0v) is 13.2. The van der Waals surface area contributed by atoms with Crippen LogP contribution in [0, 0.1) is 5.92 Å². The molecule has 6 nitrogen and oxygen atoms in total. The SMILES string of the molecule is Cl.Cl.NC(C(=O)NCc1ccc(=O)[nH]c1)C1CCOCC1. The van der Waals surface area contributed by atoms with Gasteiger partial charge in [-0.15, -0.1) is 24.8 Å². The van der Waals surface area contributed by atoms with E-state index in [1.807, 2.05) is 0 Å². The highest BCUT2D eigenvalue weighted by Crippen LogP contribution is 2.17. The van der Waals surface area contributed by atoms with Crippen molar-refractivity contribution in [2.45, 2.75) is 25.4 Å². The lowest BCUT2D eigenvalue weighted by atomic mass is 9.92. The number of nitrogens with one attached hydrogen (secondary N) is 2. The first-order valence-corrected chi connectivity index (χ1v) is 6.45. The second-order valence-electron chi connectivity index (χ2n) is 4.75. The minimum absolute atomic E-state index is 0. The van der Waals surface area contributed by atoms with Crippen LogP contribution in [0.15, 0.2) is 23.1 Å². The van der Waals surface area contributed by atoms with Gasteiger partial charge in [-0.05, 0) is 24.3 Å². The molecule has 0 spiro atoms. The molecule has 0 aromatic carbocycles. The molecular formula is C13H21Cl2N3O3. The highest BCUT2D eigenvalue weighted by molar-refractivity contribution is 5.85. The summed E-state index contributed by atoms with van der Waals surface area (Å²) in [5, 5.41) is 2.79. The number of ether oxygens (including phenoxy) is 1. The molecule has 1 fully saturated rings. The Morgan fingerprint density at radius 3 is 2.62 bits per heavy atom. The third-order valence-corrected chi connectivity index (χ3v) is 3.39. The largest absolute Gasteiger partial charge is 0.381 e. The first-order chi connectivity index (χ1) is 9.16. The summed E-state index contributed by atoms with van der Waals surface area (Å²) in [6.45, 7) is 1.71. The lowest BCUT2D eigenvalue weighted by molar-refractivity contribution is -0.124. The van der Waals surface area contributed by atoms with Crippen molar-refractivity contribution in [3.8, 4) is 0 Å². The van der Waals surface area contributed by atoms with Gasteiger partial charge in [0, 0.05) is 32.0 Å². The minimum atomic E-state index is -0.494. The first-order valence-electron chi connectivity index (χ1n) is 6.45. The topological polar surface area (TPSA) is 97.2 Å². The third-order valence-electron chi connectivity index (χ3n) is 3.39. The van der Waals surface area contributed by atoms with Gasteiger partial charge >= 0.3 is 0 Å². The molecule has 21 heavy (non-hydrogen) atoms. The number of carbonyl (C=O) groups excluding carboxylic acids is 1. The molecule has 2 rings (SSSR count). The van der Waals surface area contributed by atoms with E-state index in [9.17, 15) is 9.59 Å². The molecule has 1 aromatic heterocycles. The fourth-order valence-electron chi connectivity index (χ4n) is 2.15. The average Bonchev–Trinajstić information content (AvgIpc) is 2.46. The molecule has 1 unspecified atom stereocenters. The van der Waals surface area contributed by atoms with Gasteiger partial charge in [0.15, 0.2) is 0 Å². The molecule has 1 atom stereocenters. The number of halogens is 2. The number of aromatic amines is 1. The quantitative estimate of drug-likeness (QED) is 0.748. The van der Waals surface area contributed by atoms with Crippen LogP contribution in [-0.4, -0.2) is 30.1 Å². The summed E-state index contributed by atoms with van der Waals surface area (Å²) in [5.41, 5.74) is 6.64. The molecule has 1 aliphatic rings. The Bertz CT molecular complexity index is 469. The smallest absolute Gasteiger partial charge is 0.247 e. The predicted molar refractivity (Wildman–Crippen MR) is 84.9 cm³/mol. The van der Waals surface area contributed by atoms with E-state index >= 15 is 0 Å². The number of pyridine rings is 1. The summed E-state index contributed by atoms with van der Waals surface area (Å²) in [6, 6.07) is 2.62. The minimum Gasteiger partial charge on any atom is -0.381 e. The molecule has 0 aliphatic carbocycles. The van der Waals surface area contributed by atoms with E-state index in [-0.39, 0.29) is 42.2 Å². The first kappa shape index (κ1) is 19.9. The van der Waals surface area contributed by atoms with Crippen molar-refractivity contribution in [3.63, 3.8) is 0 Å². The summed E-state index contributed by atoms with van der Waals surface area (Å²) in [7, 11) is 0. The summed E-state index contributed by atoms with van der Waals surface area (Å²) in [6.07, 6.45) is 3.24. The number of nitrogens with two attached hydrogens (primary N) is 1. The van der Waals surface area contributed by atoms with Crippen molar-refractivity contribution >= 4 is 30.7 Å². The Balaban J connectivity index is 0.00000200. The fourth-order valence-corrected chi connectivity index (χ4v) is 2.15. The highest BCUT2D eigenvalue weighted by atomic mass is 35.5. The number of hydrogen-bond acceptors (Lipinski definition) is 4. The summed E-state index contributed by atoms with van der Waals surface area (Å²) >= 11 is 0. The van der Waals surface area contributed by atoms with Gasteiger partial charge < -0.3 is 20.8 Å². The van der Waals surface area contributed by atoms with Gasteiger partial charge in [-0.25, -0.2) is 0 Å². The van der Waals surface area contributed by atoms with Gasteiger partial charge in [-0.1, -0.05) is 6.07 Å². The van der Waals surface area contributed by atoms with Crippen LogP contribution in [0.1, 0.15) is 18.4 Å². The van der Waals surface area contributed by atoms with E-state index in [2.05, 4.69) is 10.3 Å². The Labute approximate surface area is 135 Å². The summed E-state index contributed by atoms with van der Waals surface area (Å²) in [4.78, 5) is 25.4. The highest BCUT2D eigenvalue weighted by Gasteiger charge is 2.26. The molecular weight excluding hydrogens is 317 g/mol. The average molecular weight is 338 g/mol. The van der Waals surface area contributed by atoms with Crippen LogP contribution in [0.3, 0.4) is 0 Å². The number of H-pyrrole nitrogens is 1. The second kappa shape index (κ2) is 9.78. The van der Waals surface area contributed by atoms with Crippen LogP contribution in [0.4, 0.5) is 0 Å². The molecule has 1 aliphatic heterocycles. The van der Waals surface area contributed by atoms with Crippen LogP contribution in [0.2, 0.25) is 0 Å². The van der Waals surface area contributed by atoms with Crippen LogP contribution in [-0.2, 0) is 16.1 Å². The zero-order valence-electron chi connectivity index (χ0n) is 11.5. The van der Waals surface area contributed by atoms with Crippen molar-refractivity contribution in [3.05, 3.63) is 34.2 Å². The molecule has 0 bridgehead atoms. The summed E-state index contributed by atoms with van der Waals surface area (Å²) < 4.78 is 5.25. The van der Waals surface area contributed by atoms with Crippen molar-refractivity contribution in [1.82, 2.24) is 10.3 Å². The predicted octanol–water partition coefficient (Wildman–Crippen LogP) is 0.589. The van der Waals surface area contributed by atoms with Crippen molar-refractivity contribution < 1.29 is 9.53 Å². The van der Waals surface area contributed by atoms with Crippen LogP contribution in [0.5, 0.6) is 0 Å². The van der Waals surface area contributed by atoms with Gasteiger partial charge in [0.25, 0.3) is 0 Å². The monoisotopic (exact) mass is 337 g/mol. The molecule has 4 N–H and O–H groups in total. The molecule has 2 heterocycles. The molecule has 1 saturated heterocycles. The molecule has 1 aromatic rings. The van der Waals surface area contributed by atoms with Gasteiger partial charge in [-0.3, -0.25) is 9.59 Å². The molecule has 0 radical (unpaired) electrons. The number of aromatic nitrogens is 1. The lowest BCUT2D eigenvalue weighted by Gasteiger charge is -2.26. The molecule has 120 valence electrons. The number of rotatable bonds is 4. The standard InChI is InChI=1S/C13H19N3O3.2ClH/c14-12(10-3-5-19-6-4-10)13(18)16-8-9-1-2-11(17)15-7-9;;/h1-2,7,10,12H,3-6,8,14H2,(H,15,17)(H,16,18);2*1H. The van der Waals surface area contributed by atoms with Gasteiger partial charge in [0.1, 0.15) is 0 Å². The zero-order chi connectivity index (χ0) is 13.7. The van der Waals surface area contributed by atoms with Gasteiger partial charge in [-0.2, -0.15) is 0 Å². The van der Waals surface area contributed by atoms with E-state index in [1.165, 1.54) is 6.07 Å². The van der Waals surface area contributed by atoms with Crippen LogP contribution < -0.4 is 16.6 Å². The van der Waals surface area contributed by atoms with E-state index in [4.69, 9.17) is 10.5 Å². The molecule has 8 heteroatoms. The second-order valence-corrected chi connectivity index (χ2v) is 4.75. The number of carbonyl (C=O) groups is 1. The Kier molecular flexibility index (Phi) is 9.28. The number of amides is 1. The maximum absolute atomic E-state index is 11.9. The van der Waals surface area contributed by atoms with E-state index < -0.39 is 6.04 Å². The normalized spacial score (nSPS) is 16.2. The van der Waals surface area contributed by atoms with Crippen molar-refractivity contribution in [2.24, 2.45) is 11.7 Å².